The van der Waals surface area contributed by atoms with Crippen molar-refractivity contribution in [2.24, 2.45) is 5.92 Å². The maximum absolute atomic E-state index is 11.9. The van der Waals surface area contributed by atoms with Gasteiger partial charge in [-0.25, -0.2) is 0 Å². The molecule has 0 radical (unpaired) electrons. The molecule has 1 aliphatic rings. The fourth-order valence-electron chi connectivity index (χ4n) is 2.39. The zero-order valence-electron chi connectivity index (χ0n) is 11.2. The van der Waals surface area contributed by atoms with Crippen molar-refractivity contribution in [2.75, 3.05) is 13.1 Å². The van der Waals surface area contributed by atoms with Crippen LogP contribution in [0.4, 0.5) is 0 Å². The second-order valence-electron chi connectivity index (χ2n) is 5.26. The molecule has 1 fully saturated rings. The third-order valence-corrected chi connectivity index (χ3v) is 3.59. The Morgan fingerprint density at radius 2 is 2.17 bits per heavy atom. The van der Waals surface area contributed by atoms with E-state index in [0.717, 1.165) is 19.5 Å². The molecule has 0 aromatic heterocycles. The molecule has 0 bridgehead atoms. The molecule has 1 aromatic rings. The Morgan fingerprint density at radius 3 is 2.78 bits per heavy atom. The lowest BCUT2D eigenvalue weighted by Crippen LogP contribution is -2.28. The molecule has 1 heterocycles. The number of carbonyl (C=O) groups excluding carboxylic acids is 1. The summed E-state index contributed by atoms with van der Waals surface area (Å²) in [6.45, 7) is 6.13. The maximum Gasteiger partial charge on any atom is 0.220 e. The summed E-state index contributed by atoms with van der Waals surface area (Å²) in [5, 5.41) is 6.36. The highest BCUT2D eigenvalue weighted by Crippen LogP contribution is 2.16. The van der Waals surface area contributed by atoms with E-state index in [0.29, 0.717) is 12.3 Å². The van der Waals surface area contributed by atoms with Crippen molar-refractivity contribution in [1.82, 2.24) is 10.6 Å². The van der Waals surface area contributed by atoms with Gasteiger partial charge in [-0.1, -0.05) is 29.8 Å². The first-order valence-corrected chi connectivity index (χ1v) is 6.72. The lowest BCUT2D eigenvalue weighted by atomic mass is 10.0. The molecule has 3 heteroatoms. The van der Waals surface area contributed by atoms with Crippen molar-refractivity contribution in [1.29, 1.82) is 0 Å². The molecule has 0 saturated carbocycles. The highest BCUT2D eigenvalue weighted by molar-refractivity contribution is 5.76. The number of carbonyl (C=O) groups is 1. The van der Waals surface area contributed by atoms with Crippen molar-refractivity contribution in [3.8, 4) is 0 Å². The van der Waals surface area contributed by atoms with Gasteiger partial charge in [0.25, 0.3) is 0 Å². The minimum absolute atomic E-state index is 0.0902. The molecule has 0 spiro atoms. The first kappa shape index (κ1) is 13.1. The SMILES string of the molecule is Cc1ccc([C@@H](C)NC(=O)CC2CCNC2)cc1. The molecule has 1 amide bonds. The average molecular weight is 246 g/mol. The van der Waals surface area contributed by atoms with Crippen molar-refractivity contribution in [3.63, 3.8) is 0 Å². The number of nitrogens with one attached hydrogen (secondary N) is 2. The second-order valence-corrected chi connectivity index (χ2v) is 5.26. The molecule has 2 atom stereocenters. The van der Waals surface area contributed by atoms with E-state index in [4.69, 9.17) is 0 Å². The average Bonchev–Trinajstić information content (AvgIpc) is 2.82. The lowest BCUT2D eigenvalue weighted by molar-refractivity contribution is -0.122. The van der Waals surface area contributed by atoms with E-state index >= 15 is 0 Å². The number of hydrogen-bond donors (Lipinski definition) is 2. The van der Waals surface area contributed by atoms with E-state index in [2.05, 4.69) is 41.8 Å². The molecule has 0 aliphatic carbocycles. The topological polar surface area (TPSA) is 41.1 Å². The van der Waals surface area contributed by atoms with Crippen LogP contribution < -0.4 is 10.6 Å². The molecule has 3 nitrogen and oxygen atoms in total. The van der Waals surface area contributed by atoms with Crippen molar-refractivity contribution in [2.45, 2.75) is 32.7 Å². The van der Waals surface area contributed by atoms with Gasteiger partial charge in [0.1, 0.15) is 0 Å². The van der Waals surface area contributed by atoms with Crippen molar-refractivity contribution >= 4 is 5.91 Å². The summed E-state index contributed by atoms with van der Waals surface area (Å²) < 4.78 is 0. The van der Waals surface area contributed by atoms with Crippen LogP contribution in [-0.2, 0) is 4.79 Å². The third-order valence-electron chi connectivity index (χ3n) is 3.59. The van der Waals surface area contributed by atoms with Gasteiger partial charge in [0, 0.05) is 6.42 Å². The summed E-state index contributed by atoms with van der Waals surface area (Å²) >= 11 is 0. The van der Waals surface area contributed by atoms with E-state index in [1.165, 1.54) is 11.1 Å². The number of aryl methyl sites for hydroxylation is 1. The zero-order valence-corrected chi connectivity index (χ0v) is 11.2. The lowest BCUT2D eigenvalue weighted by Gasteiger charge is -2.16. The monoisotopic (exact) mass is 246 g/mol. The van der Waals surface area contributed by atoms with Gasteiger partial charge in [0.2, 0.25) is 5.91 Å². The molecule has 1 unspecified atom stereocenters. The van der Waals surface area contributed by atoms with Crippen molar-refractivity contribution < 1.29 is 4.79 Å². The fourth-order valence-corrected chi connectivity index (χ4v) is 2.39. The van der Waals surface area contributed by atoms with Gasteiger partial charge in [-0.2, -0.15) is 0 Å². The standard InChI is InChI=1S/C15H22N2O/c1-11-3-5-14(6-4-11)12(2)17-15(18)9-13-7-8-16-10-13/h3-6,12-13,16H,7-10H2,1-2H3,(H,17,18)/t12-,13?/m1/s1. The minimum atomic E-state index is 0.0902. The Labute approximate surface area is 109 Å². The number of rotatable bonds is 4. The molecular formula is C15H22N2O. The Morgan fingerprint density at radius 1 is 1.44 bits per heavy atom. The number of hydrogen-bond acceptors (Lipinski definition) is 2. The predicted molar refractivity (Wildman–Crippen MR) is 73.3 cm³/mol. The quantitative estimate of drug-likeness (QED) is 0.855. The van der Waals surface area contributed by atoms with Crippen LogP contribution >= 0.6 is 0 Å². The van der Waals surface area contributed by atoms with Crippen molar-refractivity contribution in [3.05, 3.63) is 35.4 Å². The molecule has 2 N–H and O–H groups in total. The van der Waals surface area contributed by atoms with Crippen LogP contribution in [0.2, 0.25) is 0 Å². The summed E-state index contributed by atoms with van der Waals surface area (Å²) in [6.07, 6.45) is 1.76. The summed E-state index contributed by atoms with van der Waals surface area (Å²) in [7, 11) is 0. The maximum atomic E-state index is 11.9. The van der Waals surface area contributed by atoms with E-state index in [1.54, 1.807) is 0 Å². The van der Waals surface area contributed by atoms with Crippen LogP contribution in [0.3, 0.4) is 0 Å². The zero-order chi connectivity index (χ0) is 13.0. The first-order valence-electron chi connectivity index (χ1n) is 6.72. The van der Waals surface area contributed by atoms with Gasteiger partial charge in [-0.15, -0.1) is 0 Å². The smallest absolute Gasteiger partial charge is 0.220 e. The third kappa shape index (κ3) is 3.57. The van der Waals surface area contributed by atoms with Crippen LogP contribution in [0, 0.1) is 12.8 Å². The molecular weight excluding hydrogens is 224 g/mol. The number of amides is 1. The van der Waals surface area contributed by atoms with Crippen LogP contribution in [0.5, 0.6) is 0 Å². The van der Waals surface area contributed by atoms with Gasteiger partial charge in [0.05, 0.1) is 6.04 Å². The molecule has 2 rings (SSSR count). The second kappa shape index (κ2) is 6.01. The summed E-state index contributed by atoms with van der Waals surface area (Å²) in [6, 6.07) is 8.42. The van der Waals surface area contributed by atoms with Crippen LogP contribution in [-0.4, -0.2) is 19.0 Å². The highest BCUT2D eigenvalue weighted by atomic mass is 16.1. The highest BCUT2D eigenvalue weighted by Gasteiger charge is 2.19. The molecule has 1 aliphatic heterocycles. The molecule has 1 aromatic carbocycles. The Bertz CT molecular complexity index is 393. The first-order chi connectivity index (χ1) is 8.65. The fraction of sp³-hybridized carbons (Fsp3) is 0.533. The largest absolute Gasteiger partial charge is 0.350 e. The van der Waals surface area contributed by atoms with Gasteiger partial charge >= 0.3 is 0 Å². The predicted octanol–water partition coefficient (Wildman–Crippen LogP) is 2.17. The van der Waals surface area contributed by atoms with E-state index < -0.39 is 0 Å². The van der Waals surface area contributed by atoms with Gasteiger partial charge in [-0.05, 0) is 44.8 Å². The minimum Gasteiger partial charge on any atom is -0.350 e. The van der Waals surface area contributed by atoms with E-state index in [1.807, 2.05) is 6.92 Å². The summed E-state index contributed by atoms with van der Waals surface area (Å²) in [5.41, 5.74) is 2.41. The molecule has 1 saturated heterocycles. The van der Waals surface area contributed by atoms with Crippen LogP contribution in [0.1, 0.15) is 36.9 Å². The Kier molecular flexibility index (Phi) is 4.37. The van der Waals surface area contributed by atoms with Gasteiger partial charge in [0.15, 0.2) is 0 Å². The van der Waals surface area contributed by atoms with Gasteiger partial charge in [-0.3, -0.25) is 4.79 Å². The van der Waals surface area contributed by atoms with Crippen LogP contribution in [0.25, 0.3) is 0 Å². The summed E-state index contributed by atoms with van der Waals surface area (Å²) in [5.74, 6) is 0.673. The van der Waals surface area contributed by atoms with Crippen LogP contribution in [0.15, 0.2) is 24.3 Å². The van der Waals surface area contributed by atoms with E-state index in [9.17, 15) is 4.79 Å². The molecule has 18 heavy (non-hydrogen) atoms. The van der Waals surface area contributed by atoms with E-state index in [-0.39, 0.29) is 11.9 Å². The van der Waals surface area contributed by atoms with Gasteiger partial charge < -0.3 is 10.6 Å². The number of benzene rings is 1. The summed E-state index contributed by atoms with van der Waals surface area (Å²) in [4.78, 5) is 11.9. The Balaban J connectivity index is 1.84. The Hall–Kier alpha value is -1.35. The normalized spacial score (nSPS) is 20.7. The molecule has 98 valence electrons.